The first kappa shape index (κ1) is 20.9. The van der Waals surface area contributed by atoms with Crippen molar-refractivity contribution in [2.75, 3.05) is 5.32 Å². The number of amides is 1. The molecule has 0 heterocycles. The first-order chi connectivity index (χ1) is 13.8. The number of halogens is 1. The maximum atomic E-state index is 12.5. The van der Waals surface area contributed by atoms with Gasteiger partial charge in [-0.3, -0.25) is 4.79 Å². The quantitative estimate of drug-likeness (QED) is 0.514. The van der Waals surface area contributed by atoms with Crippen LogP contribution in [0.4, 0.5) is 5.69 Å². The zero-order chi connectivity index (χ0) is 21.0. The van der Waals surface area contributed by atoms with Gasteiger partial charge in [-0.25, -0.2) is 0 Å². The average molecular weight is 408 g/mol. The van der Waals surface area contributed by atoms with Crippen molar-refractivity contribution >= 4 is 23.2 Å². The van der Waals surface area contributed by atoms with E-state index in [-0.39, 0.29) is 11.3 Å². The summed E-state index contributed by atoms with van der Waals surface area (Å²) < 4.78 is 5.85. The number of hydrogen-bond acceptors (Lipinski definition) is 2. The van der Waals surface area contributed by atoms with E-state index in [9.17, 15) is 4.79 Å². The fourth-order valence-electron chi connectivity index (χ4n) is 3.23. The van der Waals surface area contributed by atoms with Gasteiger partial charge in [0.15, 0.2) is 6.10 Å². The van der Waals surface area contributed by atoms with Gasteiger partial charge in [0.2, 0.25) is 0 Å². The van der Waals surface area contributed by atoms with Crippen LogP contribution in [0.2, 0.25) is 5.02 Å². The van der Waals surface area contributed by atoms with Gasteiger partial charge in [-0.05, 0) is 60.9 Å². The molecule has 0 fully saturated rings. The lowest BCUT2D eigenvalue weighted by molar-refractivity contribution is -0.122. The predicted octanol–water partition coefficient (Wildman–Crippen LogP) is 6.38. The Morgan fingerprint density at radius 1 is 0.966 bits per heavy atom. The lowest BCUT2D eigenvalue weighted by Gasteiger charge is -2.26. The van der Waals surface area contributed by atoms with Crippen LogP contribution >= 0.6 is 11.6 Å². The highest BCUT2D eigenvalue weighted by Gasteiger charge is 2.23. The Kier molecular flexibility index (Phi) is 6.29. The summed E-state index contributed by atoms with van der Waals surface area (Å²) >= 11 is 5.97. The Balaban J connectivity index is 1.66. The molecule has 1 amide bonds. The number of aryl methyl sites for hydroxylation is 1. The van der Waals surface area contributed by atoms with Gasteiger partial charge in [0.05, 0.1) is 0 Å². The molecule has 0 spiro atoms. The first-order valence-electron chi connectivity index (χ1n) is 9.67. The van der Waals surface area contributed by atoms with E-state index >= 15 is 0 Å². The molecule has 0 aliphatic heterocycles. The summed E-state index contributed by atoms with van der Waals surface area (Å²) in [6, 6.07) is 23.7. The molecular formula is C25H26ClNO2. The molecule has 0 saturated carbocycles. The second-order valence-electron chi connectivity index (χ2n) is 7.72. The van der Waals surface area contributed by atoms with Crippen molar-refractivity contribution < 1.29 is 9.53 Å². The molecule has 0 aromatic heterocycles. The second-order valence-corrected chi connectivity index (χ2v) is 8.16. The van der Waals surface area contributed by atoms with E-state index in [2.05, 4.69) is 55.6 Å². The van der Waals surface area contributed by atoms with Crippen LogP contribution in [0.3, 0.4) is 0 Å². The summed E-state index contributed by atoms with van der Waals surface area (Å²) in [4.78, 5) is 12.5. The fourth-order valence-corrected chi connectivity index (χ4v) is 3.46. The van der Waals surface area contributed by atoms with Gasteiger partial charge < -0.3 is 10.1 Å². The highest BCUT2D eigenvalue weighted by atomic mass is 35.5. The Labute approximate surface area is 177 Å². The van der Waals surface area contributed by atoms with Crippen LogP contribution in [0.25, 0.3) is 0 Å². The fraction of sp³-hybridized carbons (Fsp3) is 0.240. The monoisotopic (exact) mass is 407 g/mol. The summed E-state index contributed by atoms with van der Waals surface area (Å²) in [5.74, 6) is 0.456. The van der Waals surface area contributed by atoms with Gasteiger partial charge in [0.1, 0.15) is 5.75 Å². The van der Waals surface area contributed by atoms with Crippen LogP contribution in [0.15, 0.2) is 72.8 Å². The molecule has 3 aromatic rings. The maximum absolute atomic E-state index is 12.5. The van der Waals surface area contributed by atoms with Gasteiger partial charge in [0, 0.05) is 16.1 Å². The van der Waals surface area contributed by atoms with E-state index in [1.165, 1.54) is 11.1 Å². The Morgan fingerprint density at radius 2 is 1.59 bits per heavy atom. The third-order valence-electron chi connectivity index (χ3n) is 5.20. The minimum atomic E-state index is -0.627. The topological polar surface area (TPSA) is 38.3 Å². The van der Waals surface area contributed by atoms with Crippen LogP contribution in [-0.2, 0) is 10.2 Å². The molecule has 4 heteroatoms. The van der Waals surface area contributed by atoms with Crippen molar-refractivity contribution in [3.05, 3.63) is 94.5 Å². The molecule has 29 heavy (non-hydrogen) atoms. The minimum Gasteiger partial charge on any atom is -0.481 e. The second kappa shape index (κ2) is 8.71. The van der Waals surface area contributed by atoms with Gasteiger partial charge >= 0.3 is 0 Å². The zero-order valence-corrected chi connectivity index (χ0v) is 18.0. The van der Waals surface area contributed by atoms with E-state index in [1.807, 2.05) is 31.2 Å². The van der Waals surface area contributed by atoms with E-state index in [0.29, 0.717) is 10.8 Å². The van der Waals surface area contributed by atoms with Crippen LogP contribution in [0, 0.1) is 6.92 Å². The highest BCUT2D eigenvalue weighted by molar-refractivity contribution is 6.30. The van der Waals surface area contributed by atoms with Gasteiger partial charge in [-0.15, -0.1) is 0 Å². The molecule has 1 atom stereocenters. The van der Waals surface area contributed by atoms with E-state index < -0.39 is 6.10 Å². The predicted molar refractivity (Wildman–Crippen MR) is 120 cm³/mol. The number of hydrogen-bond donors (Lipinski definition) is 1. The van der Waals surface area contributed by atoms with Crippen LogP contribution in [-0.4, -0.2) is 12.0 Å². The van der Waals surface area contributed by atoms with E-state index in [0.717, 1.165) is 11.3 Å². The van der Waals surface area contributed by atoms with Gasteiger partial charge in [-0.2, -0.15) is 0 Å². The highest BCUT2D eigenvalue weighted by Crippen LogP contribution is 2.32. The Bertz CT molecular complexity index is 981. The molecule has 150 valence electrons. The number of carbonyl (C=O) groups excluding carboxylic acids is 1. The molecular weight excluding hydrogens is 382 g/mol. The SMILES string of the molecule is Cc1cc(Cl)ccc1NC(=O)C(C)Oc1ccc(C(C)(C)c2ccccc2)cc1. The number of nitrogens with one attached hydrogen (secondary N) is 1. The van der Waals surface area contributed by atoms with Crippen LogP contribution in [0.5, 0.6) is 5.75 Å². The molecule has 0 radical (unpaired) electrons. The minimum absolute atomic E-state index is 0.116. The summed E-state index contributed by atoms with van der Waals surface area (Å²) in [5, 5.41) is 3.53. The van der Waals surface area contributed by atoms with Crippen molar-refractivity contribution in [3.8, 4) is 5.75 Å². The summed E-state index contributed by atoms with van der Waals surface area (Å²) in [7, 11) is 0. The number of anilines is 1. The standard InChI is InChI=1S/C25H26ClNO2/c1-17-16-21(26)12-15-23(17)27-24(28)18(2)29-22-13-10-20(11-14-22)25(3,4)19-8-6-5-7-9-19/h5-16,18H,1-4H3,(H,27,28). The van der Waals surface area contributed by atoms with E-state index in [4.69, 9.17) is 16.3 Å². The number of rotatable bonds is 6. The zero-order valence-electron chi connectivity index (χ0n) is 17.2. The number of carbonyl (C=O) groups is 1. The smallest absolute Gasteiger partial charge is 0.265 e. The summed E-state index contributed by atoms with van der Waals surface area (Å²) in [6.45, 7) is 8.04. The largest absolute Gasteiger partial charge is 0.481 e. The van der Waals surface area contributed by atoms with Crippen molar-refractivity contribution in [1.82, 2.24) is 0 Å². The van der Waals surface area contributed by atoms with Crippen molar-refractivity contribution in [2.24, 2.45) is 0 Å². The van der Waals surface area contributed by atoms with Crippen molar-refractivity contribution in [3.63, 3.8) is 0 Å². The normalized spacial score (nSPS) is 12.3. The lowest BCUT2D eigenvalue weighted by Crippen LogP contribution is -2.30. The molecule has 3 rings (SSSR count). The molecule has 3 nitrogen and oxygen atoms in total. The number of ether oxygens (including phenoxy) is 1. The van der Waals surface area contributed by atoms with Crippen molar-refractivity contribution in [1.29, 1.82) is 0 Å². The molecule has 0 aliphatic carbocycles. The van der Waals surface area contributed by atoms with E-state index in [1.54, 1.807) is 19.1 Å². The molecule has 0 aliphatic rings. The summed E-state index contributed by atoms with van der Waals surface area (Å²) in [5.41, 5.74) is 3.96. The molecule has 0 saturated heterocycles. The van der Waals surface area contributed by atoms with Gasteiger partial charge in [-0.1, -0.05) is 67.9 Å². The molecule has 3 aromatic carbocycles. The lowest BCUT2D eigenvalue weighted by atomic mass is 9.78. The average Bonchev–Trinajstić information content (AvgIpc) is 2.71. The van der Waals surface area contributed by atoms with Crippen molar-refractivity contribution in [2.45, 2.75) is 39.2 Å². The van der Waals surface area contributed by atoms with Crippen LogP contribution < -0.4 is 10.1 Å². The Hall–Kier alpha value is -2.78. The third-order valence-corrected chi connectivity index (χ3v) is 5.43. The Morgan fingerprint density at radius 3 is 2.21 bits per heavy atom. The molecule has 1 N–H and O–H groups in total. The third kappa shape index (κ3) is 4.99. The summed E-state index contributed by atoms with van der Waals surface area (Å²) in [6.07, 6.45) is -0.627. The maximum Gasteiger partial charge on any atom is 0.265 e. The molecule has 1 unspecified atom stereocenters. The van der Waals surface area contributed by atoms with Gasteiger partial charge in [0.25, 0.3) is 5.91 Å². The van der Waals surface area contributed by atoms with Crippen LogP contribution in [0.1, 0.15) is 37.5 Å². The molecule has 0 bridgehead atoms. The first-order valence-corrected chi connectivity index (χ1v) is 10.0. The number of benzene rings is 3.